The van der Waals surface area contributed by atoms with Crippen molar-refractivity contribution in [2.45, 2.75) is 68.5 Å². The van der Waals surface area contributed by atoms with Crippen LogP contribution in [0.3, 0.4) is 0 Å². The Morgan fingerprint density at radius 3 is 2.84 bits per heavy atom. The summed E-state index contributed by atoms with van der Waals surface area (Å²) in [6.07, 6.45) is 5.03. The molecule has 2 amide bonds. The molecule has 3 aromatic heterocycles. The van der Waals surface area contributed by atoms with Crippen molar-refractivity contribution in [1.82, 2.24) is 20.3 Å². The third kappa shape index (κ3) is 5.90. The fourth-order valence-corrected chi connectivity index (χ4v) is 5.85. The number of amides is 2. The number of aliphatic hydroxyl groups is 1. The number of rotatable bonds is 8. The van der Waals surface area contributed by atoms with Crippen LogP contribution in [0.1, 0.15) is 50.3 Å². The van der Waals surface area contributed by atoms with Crippen molar-refractivity contribution in [2.75, 3.05) is 23.5 Å². The second-order valence-electron chi connectivity index (χ2n) is 9.82. The van der Waals surface area contributed by atoms with Gasteiger partial charge in [-0.3, -0.25) is 14.6 Å². The average molecular weight is 537 g/mol. The zero-order valence-electron chi connectivity index (χ0n) is 21.5. The summed E-state index contributed by atoms with van der Waals surface area (Å²) in [6, 6.07) is 7.54. The van der Waals surface area contributed by atoms with Gasteiger partial charge in [-0.1, -0.05) is 6.92 Å². The van der Waals surface area contributed by atoms with Crippen LogP contribution in [-0.4, -0.2) is 56.4 Å². The topological polar surface area (TPSA) is 138 Å². The molecule has 11 heteroatoms. The number of nitrogens with one attached hydrogen (secondary N) is 3. The Hall–Kier alpha value is -3.28. The highest BCUT2D eigenvalue weighted by atomic mass is 32.2. The van der Waals surface area contributed by atoms with Gasteiger partial charge >= 0.3 is 0 Å². The van der Waals surface area contributed by atoms with Gasteiger partial charge < -0.3 is 25.8 Å². The number of nitrogens with zero attached hydrogens (tertiary/aromatic N) is 3. The van der Waals surface area contributed by atoms with Crippen molar-refractivity contribution >= 4 is 46.1 Å². The average Bonchev–Trinajstić information content (AvgIpc) is 2.92. The largest absolute Gasteiger partial charge is 0.481 e. The van der Waals surface area contributed by atoms with E-state index >= 15 is 0 Å². The first kappa shape index (κ1) is 26.3. The van der Waals surface area contributed by atoms with E-state index in [1.165, 1.54) is 24.4 Å². The second-order valence-corrected chi connectivity index (χ2v) is 10.8. The van der Waals surface area contributed by atoms with Gasteiger partial charge in [-0.15, -0.1) is 11.8 Å². The van der Waals surface area contributed by atoms with Crippen LogP contribution in [-0.2, 0) is 22.6 Å². The number of carbonyl (C=O) groups excluding carboxylic acids is 2. The first-order valence-electron chi connectivity index (χ1n) is 12.9. The third-order valence-electron chi connectivity index (χ3n) is 7.16. The van der Waals surface area contributed by atoms with Crippen LogP contribution in [0.25, 0.3) is 11.0 Å². The van der Waals surface area contributed by atoms with E-state index in [-0.39, 0.29) is 24.3 Å². The van der Waals surface area contributed by atoms with E-state index in [0.29, 0.717) is 53.6 Å². The van der Waals surface area contributed by atoms with Crippen LogP contribution >= 0.6 is 11.8 Å². The number of thioether (sulfide) groups is 1. The van der Waals surface area contributed by atoms with Gasteiger partial charge in [-0.2, -0.15) is 0 Å². The number of ether oxygens (including phenoxy) is 1. The summed E-state index contributed by atoms with van der Waals surface area (Å²) in [6.45, 7) is 2.69. The predicted molar refractivity (Wildman–Crippen MR) is 146 cm³/mol. The molecular formula is C27H32N6O4S. The standard InChI is InChI=1S/C27H32N6O4S/c1-3-16-12-21-26(32-23(35)15-38-21)31-20(16)14-29-17-6-9-27(36,10-7-17)13-22(34)30-19-8-11-28-18-4-5-24(37-2)33-25(18)19/h4-5,8,11-12,17,29,36H,3,6-7,9-10,13-15H2,1-2H3,(H,28,30,34)(H,31,32,35). The molecule has 1 saturated carbocycles. The Labute approximate surface area is 225 Å². The van der Waals surface area contributed by atoms with Crippen LogP contribution < -0.4 is 20.7 Å². The highest BCUT2D eigenvalue weighted by Gasteiger charge is 2.35. The molecule has 5 rings (SSSR count). The number of pyridine rings is 3. The van der Waals surface area contributed by atoms with E-state index in [9.17, 15) is 14.7 Å². The van der Waals surface area contributed by atoms with Gasteiger partial charge in [0, 0.05) is 24.8 Å². The number of methoxy groups -OCH3 is 1. The predicted octanol–water partition coefficient (Wildman–Crippen LogP) is 3.43. The van der Waals surface area contributed by atoms with Crippen molar-refractivity contribution in [1.29, 1.82) is 0 Å². The molecule has 0 saturated heterocycles. The number of fused-ring (bicyclic) bond motifs is 2. The third-order valence-corrected chi connectivity index (χ3v) is 8.19. The molecule has 0 radical (unpaired) electrons. The Bertz CT molecular complexity index is 1360. The molecule has 4 heterocycles. The number of hydrogen-bond acceptors (Lipinski definition) is 9. The van der Waals surface area contributed by atoms with E-state index < -0.39 is 5.60 Å². The van der Waals surface area contributed by atoms with Crippen LogP contribution in [0.15, 0.2) is 35.4 Å². The summed E-state index contributed by atoms with van der Waals surface area (Å²) < 4.78 is 5.20. The van der Waals surface area contributed by atoms with E-state index in [1.807, 2.05) is 0 Å². The monoisotopic (exact) mass is 536 g/mol. The molecule has 1 fully saturated rings. The normalized spacial score (nSPS) is 21.0. The van der Waals surface area contributed by atoms with E-state index in [1.54, 1.807) is 24.4 Å². The van der Waals surface area contributed by atoms with Gasteiger partial charge in [-0.25, -0.2) is 9.97 Å². The van der Waals surface area contributed by atoms with Crippen LogP contribution in [0, 0.1) is 0 Å². The quantitative estimate of drug-likeness (QED) is 0.341. The van der Waals surface area contributed by atoms with Crippen LogP contribution in [0.4, 0.5) is 11.5 Å². The molecule has 0 spiro atoms. The SMILES string of the molecule is CCc1cc2c(nc1CNC1CCC(O)(CC(=O)Nc3ccnc4ccc(OC)nc34)CC1)NC(=O)CS2. The molecule has 0 aromatic carbocycles. The molecule has 1 aliphatic carbocycles. The van der Waals surface area contributed by atoms with E-state index in [0.717, 1.165) is 29.9 Å². The summed E-state index contributed by atoms with van der Waals surface area (Å²) in [5.41, 5.74) is 2.77. The molecule has 38 heavy (non-hydrogen) atoms. The lowest BCUT2D eigenvalue weighted by Gasteiger charge is -2.36. The van der Waals surface area contributed by atoms with E-state index in [4.69, 9.17) is 9.72 Å². The summed E-state index contributed by atoms with van der Waals surface area (Å²) in [5, 5.41) is 20.5. The first-order chi connectivity index (χ1) is 18.4. The zero-order chi connectivity index (χ0) is 26.7. The van der Waals surface area contributed by atoms with Crippen LogP contribution in [0.2, 0.25) is 0 Å². The lowest BCUT2D eigenvalue weighted by atomic mass is 9.80. The second kappa shape index (κ2) is 11.2. The fourth-order valence-electron chi connectivity index (χ4n) is 5.03. The molecule has 2 aliphatic rings. The van der Waals surface area contributed by atoms with Crippen molar-refractivity contribution < 1.29 is 19.4 Å². The van der Waals surface area contributed by atoms with Crippen molar-refractivity contribution in [3.63, 3.8) is 0 Å². The minimum atomic E-state index is -1.06. The van der Waals surface area contributed by atoms with Gasteiger partial charge in [0.1, 0.15) is 11.3 Å². The molecule has 3 aromatic rings. The van der Waals surface area contributed by atoms with Crippen molar-refractivity contribution in [3.05, 3.63) is 41.7 Å². The molecule has 0 bridgehead atoms. The number of hydrogen-bond donors (Lipinski definition) is 4. The number of carbonyl (C=O) groups is 2. The smallest absolute Gasteiger partial charge is 0.235 e. The maximum absolute atomic E-state index is 12.9. The summed E-state index contributed by atoms with van der Waals surface area (Å²) in [5.74, 6) is 1.21. The van der Waals surface area contributed by atoms with Gasteiger partial charge in [0.05, 0.1) is 46.7 Å². The lowest BCUT2D eigenvalue weighted by molar-refractivity contribution is -0.122. The zero-order valence-corrected chi connectivity index (χ0v) is 22.4. The Balaban J connectivity index is 1.16. The summed E-state index contributed by atoms with van der Waals surface area (Å²) in [4.78, 5) is 39.1. The van der Waals surface area contributed by atoms with Crippen molar-refractivity contribution in [3.8, 4) is 5.88 Å². The molecule has 0 unspecified atom stereocenters. The molecule has 4 N–H and O–H groups in total. The molecule has 1 aliphatic heterocycles. The Morgan fingerprint density at radius 2 is 2.08 bits per heavy atom. The minimum Gasteiger partial charge on any atom is -0.481 e. The number of anilines is 2. The Kier molecular flexibility index (Phi) is 7.78. The number of aryl methyl sites for hydroxylation is 1. The highest BCUT2D eigenvalue weighted by molar-refractivity contribution is 8.00. The highest BCUT2D eigenvalue weighted by Crippen LogP contribution is 2.34. The first-order valence-corrected chi connectivity index (χ1v) is 13.8. The van der Waals surface area contributed by atoms with Crippen LogP contribution in [0.5, 0.6) is 5.88 Å². The minimum absolute atomic E-state index is 0.0111. The van der Waals surface area contributed by atoms with Crippen molar-refractivity contribution in [2.24, 2.45) is 0 Å². The molecular weight excluding hydrogens is 504 g/mol. The van der Waals surface area contributed by atoms with Gasteiger partial charge in [-0.05, 0) is 55.9 Å². The summed E-state index contributed by atoms with van der Waals surface area (Å²) in [7, 11) is 1.54. The molecule has 10 nitrogen and oxygen atoms in total. The van der Waals surface area contributed by atoms with Gasteiger partial charge in [0.25, 0.3) is 0 Å². The molecule has 200 valence electrons. The summed E-state index contributed by atoms with van der Waals surface area (Å²) >= 11 is 1.52. The molecule has 0 atom stereocenters. The maximum Gasteiger partial charge on any atom is 0.235 e. The van der Waals surface area contributed by atoms with E-state index in [2.05, 4.69) is 38.9 Å². The van der Waals surface area contributed by atoms with Gasteiger partial charge in [0.15, 0.2) is 0 Å². The Morgan fingerprint density at radius 1 is 1.26 bits per heavy atom. The van der Waals surface area contributed by atoms with Gasteiger partial charge in [0.2, 0.25) is 17.7 Å². The number of aromatic nitrogens is 3. The lowest BCUT2D eigenvalue weighted by Crippen LogP contribution is -2.43. The fraction of sp³-hybridized carbons (Fsp3) is 0.444. The maximum atomic E-state index is 12.9.